The summed E-state index contributed by atoms with van der Waals surface area (Å²) in [6, 6.07) is 8.95. The molecule has 0 atom stereocenters. The van der Waals surface area contributed by atoms with Crippen molar-refractivity contribution in [3.8, 4) is 23.1 Å². The van der Waals surface area contributed by atoms with Crippen LogP contribution in [0, 0.1) is 0 Å². The first-order chi connectivity index (χ1) is 12.2. The number of ether oxygens (including phenoxy) is 2. The maximum atomic E-state index is 12.5. The highest BCUT2D eigenvalue weighted by Gasteiger charge is 2.13. The summed E-state index contributed by atoms with van der Waals surface area (Å²) in [5.74, 6) is 2.16. The number of hydrogen-bond acceptors (Lipinski definition) is 7. The number of rotatable bonds is 4. The zero-order chi connectivity index (χ0) is 17.4. The SMILES string of the molecule is COc1ccc(/C=c2\sc3nc(-c4ccco4)nn3c2=O)cc1OC. The van der Waals surface area contributed by atoms with Crippen LogP contribution in [0.4, 0.5) is 0 Å². The molecular formula is C17H13N3O4S. The number of thiazole rings is 1. The van der Waals surface area contributed by atoms with Crippen LogP contribution in [0.1, 0.15) is 5.56 Å². The number of furan rings is 1. The van der Waals surface area contributed by atoms with Crippen LogP contribution in [-0.4, -0.2) is 28.8 Å². The molecule has 3 heterocycles. The fraction of sp³-hybridized carbons (Fsp3) is 0.118. The van der Waals surface area contributed by atoms with Crippen molar-refractivity contribution < 1.29 is 13.9 Å². The second kappa shape index (κ2) is 6.06. The molecule has 0 unspecified atom stereocenters. The molecule has 4 aromatic rings. The van der Waals surface area contributed by atoms with E-state index in [0.717, 1.165) is 5.56 Å². The van der Waals surface area contributed by atoms with Crippen LogP contribution in [0.3, 0.4) is 0 Å². The molecule has 25 heavy (non-hydrogen) atoms. The van der Waals surface area contributed by atoms with Gasteiger partial charge < -0.3 is 13.9 Å². The average molecular weight is 355 g/mol. The summed E-state index contributed by atoms with van der Waals surface area (Å²) >= 11 is 1.27. The van der Waals surface area contributed by atoms with Crippen LogP contribution < -0.4 is 19.6 Å². The molecule has 8 heteroatoms. The van der Waals surface area contributed by atoms with Crippen LogP contribution >= 0.6 is 11.3 Å². The molecule has 126 valence electrons. The summed E-state index contributed by atoms with van der Waals surface area (Å²) < 4.78 is 17.6. The van der Waals surface area contributed by atoms with E-state index >= 15 is 0 Å². The maximum absolute atomic E-state index is 12.5. The van der Waals surface area contributed by atoms with E-state index in [-0.39, 0.29) is 5.56 Å². The topological polar surface area (TPSA) is 78.9 Å². The van der Waals surface area contributed by atoms with E-state index in [9.17, 15) is 4.79 Å². The van der Waals surface area contributed by atoms with Crippen molar-refractivity contribution in [2.45, 2.75) is 0 Å². The summed E-state index contributed by atoms with van der Waals surface area (Å²) in [4.78, 5) is 17.4. The molecule has 0 saturated heterocycles. The molecule has 3 aromatic heterocycles. The molecule has 4 rings (SSSR count). The van der Waals surface area contributed by atoms with E-state index in [0.29, 0.717) is 32.6 Å². The Balaban J connectivity index is 1.79. The van der Waals surface area contributed by atoms with Crippen molar-refractivity contribution in [2.24, 2.45) is 0 Å². The second-order valence-corrected chi connectivity index (χ2v) is 6.15. The van der Waals surface area contributed by atoms with Gasteiger partial charge >= 0.3 is 0 Å². The minimum atomic E-state index is -0.222. The van der Waals surface area contributed by atoms with Crippen LogP contribution in [0.25, 0.3) is 22.6 Å². The van der Waals surface area contributed by atoms with Gasteiger partial charge in [0.05, 0.1) is 25.0 Å². The van der Waals surface area contributed by atoms with Crippen molar-refractivity contribution in [1.29, 1.82) is 0 Å². The Bertz CT molecular complexity index is 1140. The number of fused-ring (bicyclic) bond motifs is 1. The molecule has 0 aliphatic heterocycles. The highest BCUT2D eigenvalue weighted by atomic mass is 32.1. The van der Waals surface area contributed by atoms with Gasteiger partial charge in [-0.05, 0) is 35.9 Å². The zero-order valence-electron chi connectivity index (χ0n) is 13.4. The predicted octanol–water partition coefficient (Wildman–Crippen LogP) is 1.98. The Morgan fingerprint density at radius 3 is 2.72 bits per heavy atom. The largest absolute Gasteiger partial charge is 0.493 e. The first kappa shape index (κ1) is 15.4. The third-order valence-corrected chi connectivity index (χ3v) is 4.59. The van der Waals surface area contributed by atoms with Crippen molar-refractivity contribution in [3.63, 3.8) is 0 Å². The van der Waals surface area contributed by atoms with Crippen molar-refractivity contribution in [1.82, 2.24) is 14.6 Å². The fourth-order valence-electron chi connectivity index (χ4n) is 2.44. The van der Waals surface area contributed by atoms with E-state index < -0.39 is 0 Å². The van der Waals surface area contributed by atoms with E-state index in [2.05, 4.69) is 10.1 Å². The number of aromatic nitrogens is 3. The third kappa shape index (κ3) is 2.66. The molecule has 0 bridgehead atoms. The van der Waals surface area contributed by atoms with Crippen molar-refractivity contribution in [2.75, 3.05) is 14.2 Å². The Morgan fingerprint density at radius 1 is 1.20 bits per heavy atom. The van der Waals surface area contributed by atoms with E-state index in [1.165, 1.54) is 15.9 Å². The summed E-state index contributed by atoms with van der Waals surface area (Å²) in [5.41, 5.74) is 0.602. The Kier molecular flexibility index (Phi) is 3.73. The molecule has 0 spiro atoms. The molecule has 0 aliphatic carbocycles. The van der Waals surface area contributed by atoms with Gasteiger partial charge in [0.2, 0.25) is 10.8 Å². The van der Waals surface area contributed by atoms with Gasteiger partial charge in [0.15, 0.2) is 17.3 Å². The minimum absolute atomic E-state index is 0.222. The van der Waals surface area contributed by atoms with Crippen LogP contribution in [-0.2, 0) is 0 Å². The molecule has 7 nitrogen and oxygen atoms in total. The second-order valence-electron chi connectivity index (χ2n) is 5.14. The summed E-state index contributed by atoms with van der Waals surface area (Å²) in [6.07, 6.45) is 3.32. The molecule has 0 radical (unpaired) electrons. The lowest BCUT2D eigenvalue weighted by atomic mass is 10.2. The summed E-state index contributed by atoms with van der Waals surface area (Å²) in [5, 5.41) is 4.22. The average Bonchev–Trinajstić information content (AvgIpc) is 3.34. The third-order valence-electron chi connectivity index (χ3n) is 3.63. The highest BCUT2D eigenvalue weighted by molar-refractivity contribution is 7.15. The smallest absolute Gasteiger partial charge is 0.291 e. The Labute approximate surface area is 145 Å². The van der Waals surface area contributed by atoms with Gasteiger partial charge in [-0.3, -0.25) is 4.79 Å². The molecule has 0 aliphatic rings. The number of benzene rings is 1. The number of methoxy groups -OCH3 is 2. The lowest BCUT2D eigenvalue weighted by molar-refractivity contribution is 0.355. The summed E-state index contributed by atoms with van der Waals surface area (Å²) in [7, 11) is 3.15. The van der Waals surface area contributed by atoms with Gasteiger partial charge in [-0.15, -0.1) is 5.10 Å². The molecule has 0 N–H and O–H groups in total. The van der Waals surface area contributed by atoms with E-state index in [1.807, 2.05) is 12.1 Å². The van der Waals surface area contributed by atoms with Crippen LogP contribution in [0.2, 0.25) is 0 Å². The maximum Gasteiger partial charge on any atom is 0.291 e. The lowest BCUT2D eigenvalue weighted by Crippen LogP contribution is -2.23. The van der Waals surface area contributed by atoms with Gasteiger partial charge in [-0.2, -0.15) is 9.50 Å². The molecule has 0 amide bonds. The quantitative estimate of drug-likeness (QED) is 0.557. The van der Waals surface area contributed by atoms with Gasteiger partial charge in [-0.25, -0.2) is 0 Å². The zero-order valence-corrected chi connectivity index (χ0v) is 14.2. The summed E-state index contributed by atoms with van der Waals surface area (Å²) in [6.45, 7) is 0. The standard InChI is InChI=1S/C17H13N3O4S/c1-22-11-6-5-10(8-13(11)23-2)9-14-16(21)20-17(25-14)18-15(19-20)12-4-3-7-24-12/h3-9H,1-2H3/b14-9-. The molecule has 0 fully saturated rings. The van der Waals surface area contributed by atoms with Crippen molar-refractivity contribution >= 4 is 22.4 Å². The van der Waals surface area contributed by atoms with Gasteiger partial charge in [-0.1, -0.05) is 17.4 Å². The molecular weight excluding hydrogens is 342 g/mol. The number of hydrogen-bond donors (Lipinski definition) is 0. The van der Waals surface area contributed by atoms with Gasteiger partial charge in [0, 0.05) is 0 Å². The Morgan fingerprint density at radius 2 is 2.04 bits per heavy atom. The molecule has 0 saturated carbocycles. The normalized spacial score (nSPS) is 12.0. The predicted molar refractivity (Wildman–Crippen MR) is 93.2 cm³/mol. The fourth-order valence-corrected chi connectivity index (χ4v) is 3.35. The first-order valence-electron chi connectivity index (χ1n) is 7.37. The first-order valence-corrected chi connectivity index (χ1v) is 8.18. The lowest BCUT2D eigenvalue weighted by Gasteiger charge is -2.07. The van der Waals surface area contributed by atoms with E-state index in [1.54, 1.807) is 44.8 Å². The Hall–Kier alpha value is -3.13. The van der Waals surface area contributed by atoms with Gasteiger partial charge in [0.1, 0.15) is 0 Å². The highest BCUT2D eigenvalue weighted by Crippen LogP contribution is 2.27. The molecule has 1 aromatic carbocycles. The van der Waals surface area contributed by atoms with Crippen LogP contribution in [0.15, 0.2) is 45.8 Å². The van der Waals surface area contributed by atoms with Gasteiger partial charge in [0.25, 0.3) is 5.56 Å². The monoisotopic (exact) mass is 355 g/mol. The van der Waals surface area contributed by atoms with E-state index in [4.69, 9.17) is 13.9 Å². The minimum Gasteiger partial charge on any atom is -0.493 e. The van der Waals surface area contributed by atoms with Crippen molar-refractivity contribution in [3.05, 3.63) is 57.0 Å². The van der Waals surface area contributed by atoms with Crippen LogP contribution in [0.5, 0.6) is 11.5 Å². The number of nitrogens with zero attached hydrogens (tertiary/aromatic N) is 3.